The second-order valence-corrected chi connectivity index (χ2v) is 8.39. The van der Waals surface area contributed by atoms with E-state index in [9.17, 15) is 0 Å². The second-order valence-electron chi connectivity index (χ2n) is 7.36. The molecule has 5 rings (SSSR count). The summed E-state index contributed by atoms with van der Waals surface area (Å²) in [6.45, 7) is 0. The molecule has 1 aromatic carbocycles. The molecule has 3 atom stereocenters. The summed E-state index contributed by atoms with van der Waals surface area (Å²) in [6, 6.07) is 4.65. The van der Waals surface area contributed by atoms with Crippen LogP contribution in [0.5, 0.6) is 0 Å². The highest BCUT2D eigenvalue weighted by molar-refractivity contribution is 7.22. The zero-order valence-corrected chi connectivity index (χ0v) is 13.2. The van der Waals surface area contributed by atoms with E-state index in [2.05, 4.69) is 17.1 Å². The number of nitrogens with zero attached hydrogens (tertiary/aromatic N) is 1. The fourth-order valence-corrected chi connectivity index (χ4v) is 6.74. The van der Waals surface area contributed by atoms with E-state index in [0.29, 0.717) is 5.41 Å². The molecule has 2 N–H and O–H groups in total. The van der Waals surface area contributed by atoms with Crippen LogP contribution in [-0.2, 0) is 11.8 Å². The standard InChI is InChI=1S/C18H22N2S/c19-17-20-15-7-6-14-12(16(15)21-17)10-11-4-3-9-18(14)8-2-1-5-13(11)18/h6-7,11,13H,1-5,8-10H2,(H2,19,20)/t11-,13+,18-/m1/s1. The normalized spacial score (nSPS) is 34.5. The summed E-state index contributed by atoms with van der Waals surface area (Å²) in [5, 5.41) is 0.729. The van der Waals surface area contributed by atoms with Gasteiger partial charge >= 0.3 is 0 Å². The van der Waals surface area contributed by atoms with E-state index in [1.165, 1.54) is 56.1 Å². The minimum absolute atomic E-state index is 0.502. The molecule has 0 unspecified atom stereocenters. The first-order valence-electron chi connectivity index (χ1n) is 8.46. The molecule has 3 aliphatic carbocycles. The highest BCUT2D eigenvalue weighted by Gasteiger charge is 2.51. The SMILES string of the molecule is Nc1nc2ccc3c(c2s1)C[C@H]1CCC[C@@]32CCCC[C@@H]12. The highest BCUT2D eigenvalue weighted by Crippen LogP contribution is 2.59. The summed E-state index contributed by atoms with van der Waals surface area (Å²) >= 11 is 1.71. The molecule has 0 radical (unpaired) electrons. The van der Waals surface area contributed by atoms with Gasteiger partial charge in [0.25, 0.3) is 0 Å². The first kappa shape index (κ1) is 12.5. The van der Waals surface area contributed by atoms with Gasteiger partial charge in [0.1, 0.15) is 0 Å². The molecule has 0 saturated heterocycles. The number of benzene rings is 1. The Labute approximate surface area is 129 Å². The zero-order chi connectivity index (χ0) is 14.0. The number of thiazole rings is 1. The van der Waals surface area contributed by atoms with Gasteiger partial charge in [0.05, 0.1) is 10.2 Å². The van der Waals surface area contributed by atoms with Gasteiger partial charge in [-0.2, -0.15) is 0 Å². The first-order chi connectivity index (χ1) is 10.3. The van der Waals surface area contributed by atoms with E-state index in [4.69, 9.17) is 5.73 Å². The lowest BCUT2D eigenvalue weighted by atomic mass is 9.49. The average molecular weight is 298 g/mol. The van der Waals surface area contributed by atoms with Crippen molar-refractivity contribution in [3.05, 3.63) is 23.3 Å². The lowest BCUT2D eigenvalue weighted by molar-refractivity contribution is 0.0528. The number of nitrogens with two attached hydrogens (primary N) is 1. The third-order valence-electron chi connectivity index (χ3n) is 6.54. The summed E-state index contributed by atoms with van der Waals surface area (Å²) in [6.07, 6.45) is 11.3. The molecule has 3 heteroatoms. The van der Waals surface area contributed by atoms with Gasteiger partial charge in [0.2, 0.25) is 0 Å². The van der Waals surface area contributed by atoms with Crippen LogP contribution in [0.2, 0.25) is 0 Å². The van der Waals surface area contributed by atoms with Crippen LogP contribution in [0.3, 0.4) is 0 Å². The summed E-state index contributed by atoms with van der Waals surface area (Å²) < 4.78 is 1.39. The number of nitrogen functional groups attached to an aromatic ring is 1. The van der Waals surface area contributed by atoms with E-state index >= 15 is 0 Å². The maximum atomic E-state index is 5.98. The van der Waals surface area contributed by atoms with Crippen molar-refractivity contribution in [3.63, 3.8) is 0 Å². The molecular weight excluding hydrogens is 276 g/mol. The average Bonchev–Trinajstić information content (AvgIpc) is 2.87. The molecule has 3 aliphatic rings. The molecule has 110 valence electrons. The largest absolute Gasteiger partial charge is 0.375 e. The number of rotatable bonds is 0. The number of hydrogen-bond donors (Lipinski definition) is 1. The van der Waals surface area contributed by atoms with E-state index < -0.39 is 0 Å². The molecule has 1 aromatic heterocycles. The number of aromatic nitrogens is 1. The van der Waals surface area contributed by atoms with Crippen LogP contribution in [0.15, 0.2) is 12.1 Å². The topological polar surface area (TPSA) is 38.9 Å². The predicted octanol–water partition coefficient (Wildman–Crippen LogP) is 4.66. The lowest BCUT2D eigenvalue weighted by Gasteiger charge is -2.55. The van der Waals surface area contributed by atoms with E-state index in [-0.39, 0.29) is 0 Å². The maximum absolute atomic E-state index is 5.98. The Bertz CT molecular complexity index is 715. The number of anilines is 1. The Morgan fingerprint density at radius 1 is 1.14 bits per heavy atom. The number of hydrogen-bond acceptors (Lipinski definition) is 3. The molecule has 21 heavy (non-hydrogen) atoms. The Morgan fingerprint density at radius 3 is 3.00 bits per heavy atom. The molecule has 2 nitrogen and oxygen atoms in total. The van der Waals surface area contributed by atoms with Gasteiger partial charge in [-0.15, -0.1) is 0 Å². The van der Waals surface area contributed by atoms with Crippen molar-refractivity contribution in [1.82, 2.24) is 4.98 Å². The molecule has 2 bridgehead atoms. The van der Waals surface area contributed by atoms with Crippen molar-refractivity contribution in [3.8, 4) is 0 Å². The zero-order valence-electron chi connectivity index (χ0n) is 12.4. The Morgan fingerprint density at radius 2 is 2.05 bits per heavy atom. The van der Waals surface area contributed by atoms with Crippen LogP contribution in [0, 0.1) is 11.8 Å². The van der Waals surface area contributed by atoms with Crippen molar-refractivity contribution >= 4 is 26.7 Å². The van der Waals surface area contributed by atoms with Crippen LogP contribution in [-0.4, -0.2) is 4.98 Å². The fraction of sp³-hybridized carbons (Fsp3) is 0.611. The van der Waals surface area contributed by atoms with Crippen LogP contribution in [0.25, 0.3) is 10.2 Å². The molecule has 2 fully saturated rings. The van der Waals surface area contributed by atoms with E-state index in [0.717, 1.165) is 22.5 Å². The molecule has 1 heterocycles. The van der Waals surface area contributed by atoms with Gasteiger partial charge in [-0.3, -0.25) is 0 Å². The minimum Gasteiger partial charge on any atom is -0.375 e. The molecule has 0 amide bonds. The Balaban J connectivity index is 1.79. The van der Waals surface area contributed by atoms with Crippen LogP contribution in [0.4, 0.5) is 5.13 Å². The molecular formula is C18H22N2S. The van der Waals surface area contributed by atoms with Gasteiger partial charge in [0, 0.05) is 0 Å². The van der Waals surface area contributed by atoms with Crippen molar-refractivity contribution in [2.45, 2.75) is 56.8 Å². The minimum atomic E-state index is 0.502. The van der Waals surface area contributed by atoms with Gasteiger partial charge in [-0.05, 0) is 66.5 Å². The van der Waals surface area contributed by atoms with Crippen LogP contribution >= 0.6 is 11.3 Å². The monoisotopic (exact) mass is 298 g/mol. The molecule has 2 aromatic rings. The van der Waals surface area contributed by atoms with Crippen LogP contribution in [0.1, 0.15) is 56.1 Å². The van der Waals surface area contributed by atoms with Crippen molar-refractivity contribution in [2.24, 2.45) is 11.8 Å². The highest BCUT2D eigenvalue weighted by atomic mass is 32.1. The summed E-state index contributed by atoms with van der Waals surface area (Å²) in [7, 11) is 0. The fourth-order valence-electron chi connectivity index (χ4n) is 5.85. The summed E-state index contributed by atoms with van der Waals surface area (Å²) in [5.74, 6) is 1.87. The molecule has 0 spiro atoms. The smallest absolute Gasteiger partial charge is 0.181 e. The van der Waals surface area contributed by atoms with Gasteiger partial charge in [0.15, 0.2) is 5.13 Å². The summed E-state index contributed by atoms with van der Waals surface area (Å²) in [4.78, 5) is 4.51. The van der Waals surface area contributed by atoms with E-state index in [1.54, 1.807) is 22.5 Å². The quantitative estimate of drug-likeness (QED) is 0.768. The first-order valence-corrected chi connectivity index (χ1v) is 9.28. The second kappa shape index (κ2) is 4.22. The van der Waals surface area contributed by atoms with Gasteiger partial charge in [-0.25, -0.2) is 4.98 Å². The Hall–Kier alpha value is -1.09. The third-order valence-corrected chi connectivity index (χ3v) is 7.50. The predicted molar refractivity (Wildman–Crippen MR) is 88.7 cm³/mol. The van der Waals surface area contributed by atoms with Crippen molar-refractivity contribution in [2.75, 3.05) is 5.73 Å². The maximum Gasteiger partial charge on any atom is 0.181 e. The molecule has 0 aliphatic heterocycles. The number of fused-ring (bicyclic) bond motifs is 3. The lowest BCUT2D eigenvalue weighted by Crippen LogP contribution is -2.49. The molecule has 2 saturated carbocycles. The van der Waals surface area contributed by atoms with E-state index in [1.807, 2.05) is 0 Å². The van der Waals surface area contributed by atoms with Crippen molar-refractivity contribution < 1.29 is 0 Å². The third kappa shape index (κ3) is 1.56. The summed E-state index contributed by atoms with van der Waals surface area (Å²) in [5.41, 5.74) is 10.9. The van der Waals surface area contributed by atoms with Gasteiger partial charge < -0.3 is 5.73 Å². The Kier molecular flexibility index (Phi) is 2.50. The van der Waals surface area contributed by atoms with Crippen LogP contribution < -0.4 is 5.73 Å². The van der Waals surface area contributed by atoms with Crippen molar-refractivity contribution in [1.29, 1.82) is 0 Å². The van der Waals surface area contributed by atoms with Gasteiger partial charge in [-0.1, -0.05) is 36.7 Å².